The van der Waals surface area contributed by atoms with E-state index in [1.807, 2.05) is 31.3 Å². The predicted molar refractivity (Wildman–Crippen MR) is 74.9 cm³/mol. The monoisotopic (exact) mass is 246 g/mol. The van der Waals surface area contributed by atoms with Gasteiger partial charge in [-0.05, 0) is 30.9 Å². The van der Waals surface area contributed by atoms with Crippen LogP contribution < -0.4 is 10.6 Å². The smallest absolute Gasteiger partial charge is 0.253 e. The molecule has 2 N–H and O–H groups in total. The lowest BCUT2D eigenvalue weighted by atomic mass is 9.87. The van der Waals surface area contributed by atoms with Gasteiger partial charge in [-0.15, -0.1) is 0 Å². The molecule has 1 amide bonds. The van der Waals surface area contributed by atoms with Crippen LogP contribution in [0.3, 0.4) is 0 Å². The molecule has 3 nitrogen and oxygen atoms in total. The van der Waals surface area contributed by atoms with E-state index in [0.717, 1.165) is 30.0 Å². The summed E-state index contributed by atoms with van der Waals surface area (Å²) in [5, 5.41) is 6.22. The largest absolute Gasteiger partial charge is 0.387 e. The van der Waals surface area contributed by atoms with Crippen molar-refractivity contribution in [3.63, 3.8) is 0 Å². The van der Waals surface area contributed by atoms with Crippen molar-refractivity contribution in [1.82, 2.24) is 5.32 Å². The highest BCUT2D eigenvalue weighted by atomic mass is 16.1. The summed E-state index contributed by atoms with van der Waals surface area (Å²) in [6.07, 6.45) is 4.73. The number of carbonyl (C=O) groups is 1. The van der Waals surface area contributed by atoms with E-state index in [1.54, 1.807) is 0 Å². The van der Waals surface area contributed by atoms with E-state index in [2.05, 4.69) is 17.6 Å². The Kier molecular flexibility index (Phi) is 4.24. The van der Waals surface area contributed by atoms with Crippen molar-refractivity contribution >= 4 is 11.6 Å². The number of benzene rings is 1. The SMILES string of the molecule is CNc1ccccc1C(=O)NC1CCCC(C)C1. The molecule has 1 aromatic carbocycles. The Morgan fingerprint density at radius 1 is 1.28 bits per heavy atom. The minimum absolute atomic E-state index is 0.0408. The molecule has 1 aromatic rings. The predicted octanol–water partition coefficient (Wildman–Crippen LogP) is 3.04. The molecule has 3 heteroatoms. The van der Waals surface area contributed by atoms with E-state index < -0.39 is 0 Å². The third-order valence-corrected chi connectivity index (χ3v) is 3.71. The lowest BCUT2D eigenvalue weighted by Gasteiger charge is -2.27. The van der Waals surface area contributed by atoms with Crippen LogP contribution in [0.5, 0.6) is 0 Å². The number of hydrogen-bond acceptors (Lipinski definition) is 2. The molecule has 2 unspecified atom stereocenters. The Bertz CT molecular complexity index is 417. The van der Waals surface area contributed by atoms with Gasteiger partial charge in [0.2, 0.25) is 0 Å². The van der Waals surface area contributed by atoms with Crippen LogP contribution in [0.2, 0.25) is 0 Å². The number of rotatable bonds is 3. The Balaban J connectivity index is 2.03. The second-order valence-electron chi connectivity index (χ2n) is 5.24. The zero-order chi connectivity index (χ0) is 13.0. The first-order valence-electron chi connectivity index (χ1n) is 6.78. The maximum absolute atomic E-state index is 12.2. The fourth-order valence-corrected chi connectivity index (χ4v) is 2.73. The number of hydrogen-bond donors (Lipinski definition) is 2. The van der Waals surface area contributed by atoms with Crippen LogP contribution in [0.1, 0.15) is 43.0 Å². The maximum atomic E-state index is 12.2. The molecular formula is C15H22N2O. The molecule has 18 heavy (non-hydrogen) atoms. The first kappa shape index (κ1) is 12.9. The highest BCUT2D eigenvalue weighted by Gasteiger charge is 2.21. The van der Waals surface area contributed by atoms with Gasteiger partial charge in [-0.25, -0.2) is 0 Å². The van der Waals surface area contributed by atoms with Crippen molar-refractivity contribution in [2.45, 2.75) is 38.6 Å². The summed E-state index contributed by atoms with van der Waals surface area (Å²) in [4.78, 5) is 12.2. The molecule has 0 aliphatic heterocycles. The summed E-state index contributed by atoms with van der Waals surface area (Å²) in [5.74, 6) is 0.766. The normalized spacial score (nSPS) is 23.4. The van der Waals surface area contributed by atoms with E-state index in [-0.39, 0.29) is 5.91 Å². The number of anilines is 1. The number of nitrogens with one attached hydrogen (secondary N) is 2. The molecule has 1 saturated carbocycles. The zero-order valence-electron chi connectivity index (χ0n) is 11.2. The maximum Gasteiger partial charge on any atom is 0.253 e. The number of para-hydroxylation sites is 1. The first-order valence-corrected chi connectivity index (χ1v) is 6.78. The van der Waals surface area contributed by atoms with Gasteiger partial charge in [0.25, 0.3) is 5.91 Å². The van der Waals surface area contributed by atoms with Crippen molar-refractivity contribution in [3.8, 4) is 0 Å². The fourth-order valence-electron chi connectivity index (χ4n) is 2.73. The van der Waals surface area contributed by atoms with E-state index in [4.69, 9.17) is 0 Å². The molecule has 1 fully saturated rings. The van der Waals surface area contributed by atoms with Crippen LogP contribution in [-0.2, 0) is 0 Å². The van der Waals surface area contributed by atoms with Crippen LogP contribution in [-0.4, -0.2) is 19.0 Å². The van der Waals surface area contributed by atoms with Gasteiger partial charge in [0.15, 0.2) is 0 Å². The van der Waals surface area contributed by atoms with E-state index >= 15 is 0 Å². The van der Waals surface area contributed by atoms with Crippen LogP contribution in [0.4, 0.5) is 5.69 Å². The number of amides is 1. The van der Waals surface area contributed by atoms with E-state index in [9.17, 15) is 4.79 Å². The molecule has 98 valence electrons. The average Bonchev–Trinajstić information content (AvgIpc) is 2.38. The topological polar surface area (TPSA) is 41.1 Å². The van der Waals surface area contributed by atoms with Crippen molar-refractivity contribution in [3.05, 3.63) is 29.8 Å². The minimum Gasteiger partial charge on any atom is -0.387 e. The Morgan fingerprint density at radius 2 is 2.06 bits per heavy atom. The third-order valence-electron chi connectivity index (χ3n) is 3.71. The van der Waals surface area contributed by atoms with Gasteiger partial charge in [-0.1, -0.05) is 31.9 Å². The van der Waals surface area contributed by atoms with Gasteiger partial charge < -0.3 is 10.6 Å². The molecular weight excluding hydrogens is 224 g/mol. The van der Waals surface area contributed by atoms with Crippen molar-refractivity contribution in [1.29, 1.82) is 0 Å². The molecule has 1 aliphatic carbocycles. The zero-order valence-corrected chi connectivity index (χ0v) is 11.2. The standard InChI is InChI=1S/C15H22N2O/c1-11-6-5-7-12(10-11)17-15(18)13-8-3-4-9-14(13)16-2/h3-4,8-9,11-12,16H,5-7,10H2,1-2H3,(H,17,18). The highest BCUT2D eigenvalue weighted by Crippen LogP contribution is 2.24. The van der Waals surface area contributed by atoms with Gasteiger partial charge >= 0.3 is 0 Å². The molecule has 0 saturated heterocycles. The Morgan fingerprint density at radius 3 is 2.78 bits per heavy atom. The minimum atomic E-state index is 0.0408. The van der Waals surface area contributed by atoms with Crippen LogP contribution in [0, 0.1) is 5.92 Å². The Labute approximate surface area is 109 Å². The van der Waals surface area contributed by atoms with Gasteiger partial charge in [0.05, 0.1) is 5.56 Å². The van der Waals surface area contributed by atoms with Gasteiger partial charge in [-0.2, -0.15) is 0 Å². The van der Waals surface area contributed by atoms with Crippen molar-refractivity contribution in [2.24, 2.45) is 5.92 Å². The average molecular weight is 246 g/mol. The number of carbonyl (C=O) groups excluding carboxylic acids is 1. The lowest BCUT2D eigenvalue weighted by molar-refractivity contribution is 0.0922. The summed E-state index contributed by atoms with van der Waals surface area (Å²) < 4.78 is 0. The van der Waals surface area contributed by atoms with Crippen molar-refractivity contribution < 1.29 is 4.79 Å². The van der Waals surface area contributed by atoms with Crippen LogP contribution >= 0.6 is 0 Å². The molecule has 2 atom stereocenters. The van der Waals surface area contributed by atoms with Gasteiger partial charge in [0, 0.05) is 18.8 Å². The summed E-state index contributed by atoms with van der Waals surface area (Å²) in [7, 11) is 1.84. The summed E-state index contributed by atoms with van der Waals surface area (Å²) >= 11 is 0. The molecule has 0 spiro atoms. The fraction of sp³-hybridized carbons (Fsp3) is 0.533. The first-order chi connectivity index (χ1) is 8.70. The molecule has 0 heterocycles. The third kappa shape index (κ3) is 3.03. The molecule has 0 bridgehead atoms. The highest BCUT2D eigenvalue weighted by molar-refractivity contribution is 5.99. The van der Waals surface area contributed by atoms with Crippen LogP contribution in [0.15, 0.2) is 24.3 Å². The second kappa shape index (κ2) is 5.89. The summed E-state index contributed by atoms with van der Waals surface area (Å²) in [6.45, 7) is 2.26. The molecule has 0 aromatic heterocycles. The van der Waals surface area contributed by atoms with Gasteiger partial charge in [-0.3, -0.25) is 4.79 Å². The summed E-state index contributed by atoms with van der Waals surface area (Å²) in [5.41, 5.74) is 1.62. The van der Waals surface area contributed by atoms with Crippen LogP contribution in [0.25, 0.3) is 0 Å². The van der Waals surface area contributed by atoms with E-state index in [0.29, 0.717) is 6.04 Å². The van der Waals surface area contributed by atoms with Gasteiger partial charge in [0.1, 0.15) is 0 Å². The molecule has 0 radical (unpaired) electrons. The Hall–Kier alpha value is -1.51. The van der Waals surface area contributed by atoms with E-state index in [1.165, 1.54) is 12.8 Å². The summed E-state index contributed by atoms with van der Waals surface area (Å²) in [6, 6.07) is 7.97. The van der Waals surface area contributed by atoms with Crippen molar-refractivity contribution in [2.75, 3.05) is 12.4 Å². The second-order valence-corrected chi connectivity index (χ2v) is 5.24. The quantitative estimate of drug-likeness (QED) is 0.860. The lowest BCUT2D eigenvalue weighted by Crippen LogP contribution is -2.38. The molecule has 1 aliphatic rings. The molecule has 2 rings (SSSR count).